The average Bonchev–Trinajstić information content (AvgIpc) is 2.29. The van der Waals surface area contributed by atoms with Gasteiger partial charge in [0.05, 0.1) is 5.69 Å². The minimum absolute atomic E-state index is 0.521. The molecule has 0 amide bonds. The van der Waals surface area contributed by atoms with Gasteiger partial charge in [0.1, 0.15) is 6.54 Å². The predicted octanol–water partition coefficient (Wildman–Crippen LogP) is 0.592. The molecule has 2 N–H and O–H groups in total. The number of rotatable bonds is 2. The number of aromatic nitrogens is 2. The molecule has 0 bridgehead atoms. The molecule has 12 heavy (non-hydrogen) atoms. The molecule has 1 aromatic rings. The van der Waals surface area contributed by atoms with Crippen molar-refractivity contribution in [1.29, 1.82) is 0 Å². The summed E-state index contributed by atoms with van der Waals surface area (Å²) < 4.78 is 1.80. The van der Waals surface area contributed by atoms with E-state index in [4.69, 9.17) is 12.2 Å². The minimum atomic E-state index is 0.521. The second kappa shape index (κ2) is 3.42. The summed E-state index contributed by atoms with van der Waals surface area (Å²) in [6.45, 7) is 4.98. The molecule has 0 atom stereocenters. The van der Waals surface area contributed by atoms with Gasteiger partial charge in [0.2, 0.25) is 0 Å². The maximum Gasteiger partial charge on any atom is 0.102 e. The van der Waals surface area contributed by atoms with E-state index >= 15 is 0 Å². The van der Waals surface area contributed by atoms with Crippen molar-refractivity contribution in [3.05, 3.63) is 17.0 Å². The molecule has 0 unspecified atom stereocenters. The van der Waals surface area contributed by atoms with Gasteiger partial charge in [-0.25, -0.2) is 0 Å². The molecule has 0 aliphatic heterocycles. The standard InChI is InChI=1S/C9H13N3/c1-4-5-12-8(3)9(6-10)7(2)11-12/h1H,5-6,10H2,2-3H3. The molecule has 0 radical (unpaired) electrons. The fourth-order valence-electron chi connectivity index (χ4n) is 1.27. The molecule has 1 aromatic heterocycles. The van der Waals surface area contributed by atoms with Crippen molar-refractivity contribution in [3.63, 3.8) is 0 Å². The number of aryl methyl sites for hydroxylation is 1. The van der Waals surface area contributed by atoms with Crippen LogP contribution in [0.4, 0.5) is 0 Å². The van der Waals surface area contributed by atoms with Crippen LogP contribution >= 0.6 is 0 Å². The summed E-state index contributed by atoms with van der Waals surface area (Å²) in [5, 5.41) is 4.26. The van der Waals surface area contributed by atoms with E-state index in [9.17, 15) is 0 Å². The van der Waals surface area contributed by atoms with E-state index in [2.05, 4.69) is 11.0 Å². The van der Waals surface area contributed by atoms with Crippen LogP contribution in [0.1, 0.15) is 17.0 Å². The lowest BCUT2D eigenvalue weighted by Crippen LogP contribution is -2.02. The first kappa shape index (κ1) is 8.82. The Kier molecular flexibility index (Phi) is 2.51. The lowest BCUT2D eigenvalue weighted by molar-refractivity contribution is 0.683. The van der Waals surface area contributed by atoms with Crippen molar-refractivity contribution in [2.24, 2.45) is 5.73 Å². The number of terminal acetylenes is 1. The first-order valence-electron chi connectivity index (χ1n) is 3.87. The molecule has 3 nitrogen and oxygen atoms in total. The van der Waals surface area contributed by atoms with Crippen molar-refractivity contribution < 1.29 is 0 Å². The van der Waals surface area contributed by atoms with Crippen LogP contribution in [0.15, 0.2) is 0 Å². The highest BCUT2D eigenvalue weighted by molar-refractivity contribution is 5.24. The highest BCUT2D eigenvalue weighted by Crippen LogP contribution is 2.11. The minimum Gasteiger partial charge on any atom is -0.326 e. The number of hydrogen-bond acceptors (Lipinski definition) is 2. The number of nitrogens with zero attached hydrogens (tertiary/aromatic N) is 2. The maximum atomic E-state index is 5.56. The summed E-state index contributed by atoms with van der Waals surface area (Å²) in [5.41, 5.74) is 8.71. The Bertz CT molecular complexity index is 317. The summed E-state index contributed by atoms with van der Waals surface area (Å²) in [7, 11) is 0. The normalized spacial score (nSPS) is 9.83. The molecule has 1 heterocycles. The monoisotopic (exact) mass is 163 g/mol. The first-order chi connectivity index (χ1) is 5.70. The summed E-state index contributed by atoms with van der Waals surface area (Å²) in [6, 6.07) is 0. The summed E-state index contributed by atoms with van der Waals surface area (Å²) >= 11 is 0. The van der Waals surface area contributed by atoms with Gasteiger partial charge in [-0.1, -0.05) is 5.92 Å². The van der Waals surface area contributed by atoms with Gasteiger partial charge >= 0.3 is 0 Å². The van der Waals surface area contributed by atoms with E-state index in [0.29, 0.717) is 13.1 Å². The quantitative estimate of drug-likeness (QED) is 0.648. The molecule has 0 spiro atoms. The van der Waals surface area contributed by atoms with E-state index in [1.54, 1.807) is 4.68 Å². The van der Waals surface area contributed by atoms with Crippen LogP contribution in [-0.2, 0) is 13.1 Å². The Hall–Kier alpha value is -1.27. The van der Waals surface area contributed by atoms with Crippen LogP contribution in [0.2, 0.25) is 0 Å². The van der Waals surface area contributed by atoms with Gasteiger partial charge < -0.3 is 5.73 Å². The van der Waals surface area contributed by atoms with Crippen molar-refractivity contribution in [3.8, 4) is 12.3 Å². The van der Waals surface area contributed by atoms with Crippen LogP contribution < -0.4 is 5.73 Å². The molecular weight excluding hydrogens is 150 g/mol. The van der Waals surface area contributed by atoms with Crippen LogP contribution in [0.3, 0.4) is 0 Å². The molecule has 64 valence electrons. The molecule has 0 saturated heterocycles. The molecule has 3 heteroatoms. The zero-order chi connectivity index (χ0) is 9.14. The van der Waals surface area contributed by atoms with Gasteiger partial charge in [-0.3, -0.25) is 4.68 Å². The van der Waals surface area contributed by atoms with Crippen LogP contribution in [-0.4, -0.2) is 9.78 Å². The zero-order valence-corrected chi connectivity index (χ0v) is 7.46. The largest absolute Gasteiger partial charge is 0.326 e. The predicted molar refractivity (Wildman–Crippen MR) is 48.4 cm³/mol. The van der Waals surface area contributed by atoms with Crippen LogP contribution in [0.25, 0.3) is 0 Å². The Morgan fingerprint density at radius 1 is 1.58 bits per heavy atom. The third-order valence-corrected chi connectivity index (χ3v) is 1.98. The Morgan fingerprint density at radius 3 is 2.67 bits per heavy atom. The zero-order valence-electron chi connectivity index (χ0n) is 7.46. The van der Waals surface area contributed by atoms with Crippen LogP contribution in [0, 0.1) is 26.2 Å². The van der Waals surface area contributed by atoms with Gasteiger partial charge in [-0.05, 0) is 13.8 Å². The molecule has 0 aromatic carbocycles. The average molecular weight is 163 g/mol. The Balaban J connectivity index is 3.10. The van der Waals surface area contributed by atoms with Crippen molar-refractivity contribution in [2.75, 3.05) is 0 Å². The van der Waals surface area contributed by atoms with Crippen molar-refractivity contribution >= 4 is 0 Å². The Labute approximate surface area is 72.6 Å². The lowest BCUT2D eigenvalue weighted by atomic mass is 10.2. The molecule has 1 rings (SSSR count). The van der Waals surface area contributed by atoms with Gasteiger partial charge in [0.25, 0.3) is 0 Å². The van der Waals surface area contributed by atoms with Crippen molar-refractivity contribution in [1.82, 2.24) is 9.78 Å². The Morgan fingerprint density at radius 2 is 2.25 bits per heavy atom. The molecule has 0 saturated carbocycles. The lowest BCUT2D eigenvalue weighted by Gasteiger charge is -1.98. The van der Waals surface area contributed by atoms with Gasteiger partial charge in [-0.15, -0.1) is 6.42 Å². The summed E-state index contributed by atoms with van der Waals surface area (Å²) in [6.07, 6.45) is 5.19. The van der Waals surface area contributed by atoms with E-state index in [1.807, 2.05) is 13.8 Å². The molecular formula is C9H13N3. The van der Waals surface area contributed by atoms with E-state index in [-0.39, 0.29) is 0 Å². The fourth-order valence-corrected chi connectivity index (χ4v) is 1.27. The van der Waals surface area contributed by atoms with E-state index in [0.717, 1.165) is 17.0 Å². The highest BCUT2D eigenvalue weighted by Gasteiger charge is 2.07. The van der Waals surface area contributed by atoms with Crippen molar-refractivity contribution in [2.45, 2.75) is 26.9 Å². The van der Waals surface area contributed by atoms with Gasteiger partial charge in [0, 0.05) is 17.8 Å². The second-order valence-electron chi connectivity index (χ2n) is 2.72. The number of nitrogens with two attached hydrogens (primary N) is 1. The highest BCUT2D eigenvalue weighted by atomic mass is 15.3. The third-order valence-electron chi connectivity index (χ3n) is 1.98. The first-order valence-corrected chi connectivity index (χ1v) is 3.87. The van der Waals surface area contributed by atoms with E-state index < -0.39 is 0 Å². The smallest absolute Gasteiger partial charge is 0.102 e. The van der Waals surface area contributed by atoms with Gasteiger partial charge in [0.15, 0.2) is 0 Å². The van der Waals surface area contributed by atoms with E-state index in [1.165, 1.54) is 0 Å². The maximum absolute atomic E-state index is 5.56. The molecule has 0 aliphatic rings. The SMILES string of the molecule is C#CCn1nc(C)c(CN)c1C. The number of hydrogen-bond donors (Lipinski definition) is 1. The summed E-state index contributed by atoms with van der Waals surface area (Å²) in [4.78, 5) is 0. The molecule has 0 fully saturated rings. The fraction of sp³-hybridized carbons (Fsp3) is 0.444. The topological polar surface area (TPSA) is 43.8 Å². The van der Waals surface area contributed by atoms with Gasteiger partial charge in [-0.2, -0.15) is 5.10 Å². The second-order valence-corrected chi connectivity index (χ2v) is 2.72. The van der Waals surface area contributed by atoms with Crippen LogP contribution in [0.5, 0.6) is 0 Å². The molecule has 0 aliphatic carbocycles. The third kappa shape index (κ3) is 1.34. The summed E-state index contributed by atoms with van der Waals surface area (Å²) in [5.74, 6) is 2.55.